The Hall–Kier alpha value is -2.74. The zero-order valence-corrected chi connectivity index (χ0v) is 16.4. The molecule has 1 aliphatic rings. The largest absolute Gasteiger partial charge is 0.301 e. The summed E-state index contributed by atoms with van der Waals surface area (Å²) in [5, 5.41) is 8.01. The molecule has 148 valence electrons. The average molecular weight is 411 g/mol. The van der Waals surface area contributed by atoms with E-state index in [1.54, 1.807) is 11.8 Å². The lowest BCUT2D eigenvalue weighted by molar-refractivity contribution is -0.0323. The Morgan fingerprint density at radius 1 is 1.07 bits per heavy atom. The number of thioether (sulfide) groups is 1. The molecule has 1 N–H and O–H groups in total. The van der Waals surface area contributed by atoms with Crippen LogP contribution in [-0.2, 0) is 0 Å². The number of H-pyrrole nitrogens is 1. The number of aromatic nitrogens is 5. The highest BCUT2D eigenvalue weighted by molar-refractivity contribution is 8.00. The average Bonchev–Trinajstić information content (AvgIpc) is 3.40. The predicted octanol–water partition coefficient (Wildman–Crippen LogP) is 5.48. The van der Waals surface area contributed by atoms with E-state index in [4.69, 9.17) is 0 Å². The number of nitrogens with one attached hydrogen (secondary N) is 1. The smallest absolute Gasteiger partial charge is 0.248 e. The topological polar surface area (TPSA) is 59.4 Å². The minimum absolute atomic E-state index is 0.0131. The number of pyridine rings is 1. The van der Waals surface area contributed by atoms with Crippen molar-refractivity contribution in [2.45, 2.75) is 41.8 Å². The Balaban J connectivity index is 1.35. The van der Waals surface area contributed by atoms with Crippen LogP contribution in [0, 0.1) is 0 Å². The number of halogens is 2. The van der Waals surface area contributed by atoms with Crippen molar-refractivity contribution < 1.29 is 8.78 Å². The summed E-state index contributed by atoms with van der Waals surface area (Å²) < 4.78 is 28.8. The quantitative estimate of drug-likeness (QED) is 0.483. The molecule has 4 aromatic rings. The van der Waals surface area contributed by atoms with E-state index >= 15 is 0 Å². The lowest BCUT2D eigenvalue weighted by atomic mass is 9.96. The van der Waals surface area contributed by atoms with Gasteiger partial charge in [-0.2, -0.15) is 5.10 Å². The van der Waals surface area contributed by atoms with Gasteiger partial charge in [-0.25, -0.2) is 18.7 Å². The fourth-order valence-electron chi connectivity index (χ4n) is 3.72. The zero-order chi connectivity index (χ0) is 19.8. The summed E-state index contributed by atoms with van der Waals surface area (Å²) in [7, 11) is 0. The maximum atomic E-state index is 13.4. The number of hydrogen-bond donors (Lipinski definition) is 1. The van der Waals surface area contributed by atoms with Crippen LogP contribution in [0.3, 0.4) is 0 Å². The second kappa shape index (κ2) is 7.26. The van der Waals surface area contributed by atoms with Gasteiger partial charge in [0.05, 0.1) is 0 Å². The molecule has 3 heterocycles. The third-order valence-corrected chi connectivity index (χ3v) is 6.60. The van der Waals surface area contributed by atoms with Crippen LogP contribution in [0.2, 0.25) is 0 Å². The first-order valence-electron chi connectivity index (χ1n) is 9.55. The van der Waals surface area contributed by atoms with Gasteiger partial charge in [0, 0.05) is 52.0 Å². The molecule has 0 saturated heterocycles. The van der Waals surface area contributed by atoms with Crippen molar-refractivity contribution in [2.24, 2.45) is 0 Å². The lowest BCUT2D eigenvalue weighted by Crippen LogP contribution is -2.25. The molecule has 5 rings (SSSR count). The standard InChI is InChI=1S/C21H19F2N5S/c22-21(23)8-5-17(6-9-21)29-18-11-15-7-10-28(20(15)24-12-18)16-3-1-14(2-4-16)19-25-13-26-27-19/h1-4,7,10-13,17H,5-6,8-9H2,(H,25,26,27). The second-order valence-electron chi connectivity index (χ2n) is 7.32. The summed E-state index contributed by atoms with van der Waals surface area (Å²) >= 11 is 1.66. The summed E-state index contributed by atoms with van der Waals surface area (Å²) in [5.74, 6) is -1.76. The highest BCUT2D eigenvalue weighted by atomic mass is 32.2. The molecule has 29 heavy (non-hydrogen) atoms. The normalized spacial score (nSPS) is 17.0. The zero-order valence-electron chi connectivity index (χ0n) is 15.6. The van der Waals surface area contributed by atoms with Crippen LogP contribution >= 0.6 is 11.8 Å². The molecule has 8 heteroatoms. The SMILES string of the molecule is FC1(F)CCC(Sc2cnc3c(ccn3-c3ccc(-c4ncn[nH]4)cc3)c2)CC1. The van der Waals surface area contributed by atoms with Crippen LogP contribution in [0.25, 0.3) is 28.1 Å². The van der Waals surface area contributed by atoms with Crippen molar-refractivity contribution in [1.82, 2.24) is 24.7 Å². The van der Waals surface area contributed by atoms with Gasteiger partial charge in [-0.05, 0) is 49.2 Å². The molecule has 1 fully saturated rings. The maximum absolute atomic E-state index is 13.4. The number of hydrogen-bond acceptors (Lipinski definition) is 4. The second-order valence-corrected chi connectivity index (χ2v) is 8.70. The number of rotatable bonds is 4. The van der Waals surface area contributed by atoms with E-state index in [0.29, 0.717) is 12.8 Å². The van der Waals surface area contributed by atoms with Gasteiger partial charge in [-0.15, -0.1) is 11.8 Å². The Morgan fingerprint density at radius 3 is 2.59 bits per heavy atom. The number of nitrogens with zero attached hydrogens (tertiary/aromatic N) is 4. The molecule has 0 bridgehead atoms. The van der Waals surface area contributed by atoms with Gasteiger partial charge in [0.1, 0.15) is 12.0 Å². The third-order valence-electron chi connectivity index (χ3n) is 5.30. The summed E-state index contributed by atoms with van der Waals surface area (Å²) in [6.45, 7) is 0. The highest BCUT2D eigenvalue weighted by Gasteiger charge is 2.35. The molecular weight excluding hydrogens is 392 g/mol. The van der Waals surface area contributed by atoms with Crippen LogP contribution in [-0.4, -0.2) is 35.9 Å². The van der Waals surface area contributed by atoms with Crippen LogP contribution in [0.4, 0.5) is 8.78 Å². The van der Waals surface area contributed by atoms with E-state index in [1.807, 2.05) is 47.3 Å². The van der Waals surface area contributed by atoms with Crippen molar-refractivity contribution >= 4 is 22.8 Å². The van der Waals surface area contributed by atoms with E-state index < -0.39 is 5.92 Å². The number of benzene rings is 1. The van der Waals surface area contributed by atoms with Crippen molar-refractivity contribution in [3.8, 4) is 17.1 Å². The molecule has 0 amide bonds. The van der Waals surface area contributed by atoms with E-state index in [-0.39, 0.29) is 18.1 Å². The fraction of sp³-hybridized carbons (Fsp3) is 0.286. The van der Waals surface area contributed by atoms with E-state index in [2.05, 4.69) is 26.2 Å². The van der Waals surface area contributed by atoms with Gasteiger partial charge >= 0.3 is 0 Å². The molecule has 5 nitrogen and oxygen atoms in total. The molecular formula is C21H19F2N5S. The third kappa shape index (κ3) is 3.76. The summed E-state index contributed by atoms with van der Waals surface area (Å²) in [5.41, 5.74) is 2.84. The van der Waals surface area contributed by atoms with Gasteiger partial charge in [0.15, 0.2) is 5.82 Å². The van der Waals surface area contributed by atoms with Crippen LogP contribution in [0.1, 0.15) is 25.7 Å². The predicted molar refractivity (Wildman–Crippen MR) is 110 cm³/mol. The van der Waals surface area contributed by atoms with E-state index in [0.717, 1.165) is 33.0 Å². The number of aromatic amines is 1. The minimum Gasteiger partial charge on any atom is -0.301 e. The Morgan fingerprint density at radius 2 is 1.86 bits per heavy atom. The Labute approximate surface area is 170 Å². The molecule has 0 unspecified atom stereocenters. The van der Waals surface area contributed by atoms with Gasteiger partial charge in [-0.1, -0.05) is 0 Å². The molecule has 3 aromatic heterocycles. The summed E-state index contributed by atoms with van der Waals surface area (Å²) in [6, 6.07) is 12.1. The fourth-order valence-corrected chi connectivity index (χ4v) is 4.89. The van der Waals surface area contributed by atoms with Gasteiger partial charge < -0.3 is 4.57 Å². The number of fused-ring (bicyclic) bond motifs is 1. The van der Waals surface area contributed by atoms with Crippen molar-refractivity contribution in [1.29, 1.82) is 0 Å². The molecule has 1 saturated carbocycles. The summed E-state index contributed by atoms with van der Waals surface area (Å²) in [4.78, 5) is 9.85. The van der Waals surface area contributed by atoms with Crippen LogP contribution < -0.4 is 0 Å². The van der Waals surface area contributed by atoms with Gasteiger partial charge in [-0.3, -0.25) is 5.10 Å². The van der Waals surface area contributed by atoms with Crippen LogP contribution in [0.5, 0.6) is 0 Å². The van der Waals surface area contributed by atoms with Crippen molar-refractivity contribution in [2.75, 3.05) is 0 Å². The van der Waals surface area contributed by atoms with Crippen LogP contribution in [0.15, 0.2) is 60.0 Å². The first-order chi connectivity index (χ1) is 14.1. The molecule has 0 atom stereocenters. The van der Waals surface area contributed by atoms with Gasteiger partial charge in [0.25, 0.3) is 0 Å². The highest BCUT2D eigenvalue weighted by Crippen LogP contribution is 2.40. The molecule has 1 aromatic carbocycles. The monoisotopic (exact) mass is 411 g/mol. The van der Waals surface area contributed by atoms with Crippen molar-refractivity contribution in [3.05, 3.63) is 55.1 Å². The first-order valence-corrected chi connectivity index (χ1v) is 10.4. The molecule has 0 aliphatic heterocycles. The Bertz CT molecular complexity index is 1110. The van der Waals surface area contributed by atoms with E-state index in [1.165, 1.54) is 6.33 Å². The maximum Gasteiger partial charge on any atom is 0.248 e. The number of alkyl halides is 2. The first kappa shape index (κ1) is 18.3. The molecule has 1 aliphatic carbocycles. The molecule has 0 radical (unpaired) electrons. The van der Waals surface area contributed by atoms with E-state index in [9.17, 15) is 8.78 Å². The Kier molecular flexibility index (Phi) is 4.58. The van der Waals surface area contributed by atoms with Crippen molar-refractivity contribution in [3.63, 3.8) is 0 Å². The molecule has 0 spiro atoms. The summed E-state index contributed by atoms with van der Waals surface area (Å²) in [6.07, 6.45) is 6.40. The lowest BCUT2D eigenvalue weighted by Gasteiger charge is -2.27. The van der Waals surface area contributed by atoms with Gasteiger partial charge in [0.2, 0.25) is 5.92 Å². The minimum atomic E-state index is -2.49.